The monoisotopic (exact) mass is 333 g/mol. The topological polar surface area (TPSA) is 128 Å². The first-order chi connectivity index (χ1) is 11.5. The van der Waals surface area contributed by atoms with Crippen molar-refractivity contribution in [1.82, 2.24) is 35.3 Å². The summed E-state index contributed by atoms with van der Waals surface area (Å²) in [5.41, 5.74) is 0.208. The molecule has 1 saturated carbocycles. The molecule has 128 valence electrons. The van der Waals surface area contributed by atoms with Crippen LogP contribution in [0, 0.1) is 5.92 Å². The van der Waals surface area contributed by atoms with Gasteiger partial charge in [0.15, 0.2) is 5.69 Å². The highest BCUT2D eigenvalue weighted by molar-refractivity contribution is 5.92. The fourth-order valence-corrected chi connectivity index (χ4v) is 2.93. The van der Waals surface area contributed by atoms with Gasteiger partial charge in [-0.1, -0.05) is 10.4 Å². The number of hydrogen-bond donors (Lipinski definition) is 2. The van der Waals surface area contributed by atoms with Crippen molar-refractivity contribution in [2.45, 2.75) is 44.8 Å². The van der Waals surface area contributed by atoms with Crippen LogP contribution in [-0.4, -0.2) is 53.0 Å². The van der Waals surface area contributed by atoms with Gasteiger partial charge in [0, 0.05) is 12.2 Å². The minimum Gasteiger partial charge on any atom is -0.481 e. The molecule has 1 aliphatic carbocycles. The summed E-state index contributed by atoms with van der Waals surface area (Å²) in [5.74, 6) is -1.78. The zero-order valence-electron chi connectivity index (χ0n) is 13.4. The van der Waals surface area contributed by atoms with E-state index >= 15 is 0 Å². The van der Waals surface area contributed by atoms with E-state index in [4.69, 9.17) is 0 Å². The summed E-state index contributed by atoms with van der Waals surface area (Å²) in [6.07, 6.45) is 5.50. The lowest BCUT2D eigenvalue weighted by atomic mass is 10.1. The van der Waals surface area contributed by atoms with Crippen molar-refractivity contribution >= 4 is 11.9 Å². The summed E-state index contributed by atoms with van der Waals surface area (Å²) in [7, 11) is 0. The van der Waals surface area contributed by atoms with Crippen LogP contribution in [0.25, 0.3) is 0 Å². The Kier molecular flexibility index (Phi) is 4.28. The van der Waals surface area contributed by atoms with Crippen molar-refractivity contribution < 1.29 is 14.7 Å². The molecule has 0 aliphatic heterocycles. The second-order valence-electron chi connectivity index (χ2n) is 6.21. The van der Waals surface area contributed by atoms with E-state index in [-0.39, 0.29) is 29.7 Å². The van der Waals surface area contributed by atoms with Crippen LogP contribution in [-0.2, 0) is 4.79 Å². The maximum atomic E-state index is 12.4. The molecule has 1 fully saturated rings. The summed E-state index contributed by atoms with van der Waals surface area (Å²) in [6, 6.07) is -0.507. The molecule has 1 amide bonds. The third-order valence-electron chi connectivity index (χ3n) is 4.25. The molecular weight excluding hydrogens is 314 g/mol. The van der Waals surface area contributed by atoms with Crippen LogP contribution in [0.3, 0.4) is 0 Å². The third-order valence-corrected chi connectivity index (χ3v) is 4.25. The fourth-order valence-electron chi connectivity index (χ4n) is 2.93. The number of carbonyl (C=O) groups is 2. The number of aromatic nitrogens is 6. The van der Waals surface area contributed by atoms with Crippen LogP contribution in [0.5, 0.6) is 0 Å². The average molecular weight is 333 g/mol. The number of rotatable bonds is 5. The van der Waals surface area contributed by atoms with Crippen molar-refractivity contribution in [3.8, 4) is 0 Å². The summed E-state index contributed by atoms with van der Waals surface area (Å²) < 4.78 is 3.19. The van der Waals surface area contributed by atoms with Crippen molar-refractivity contribution in [3.63, 3.8) is 0 Å². The molecule has 0 radical (unpaired) electrons. The summed E-state index contributed by atoms with van der Waals surface area (Å²) >= 11 is 0. The summed E-state index contributed by atoms with van der Waals surface area (Å²) in [5, 5.41) is 27.6. The van der Waals surface area contributed by atoms with E-state index in [1.807, 2.05) is 13.8 Å². The minimum atomic E-state index is -0.873. The van der Waals surface area contributed by atoms with Gasteiger partial charge < -0.3 is 10.4 Å². The van der Waals surface area contributed by atoms with E-state index in [0.717, 1.165) is 0 Å². The highest BCUT2D eigenvalue weighted by Gasteiger charge is 2.40. The Morgan fingerprint density at radius 1 is 1.33 bits per heavy atom. The maximum absolute atomic E-state index is 12.4. The fraction of sp³-hybridized carbons (Fsp3) is 0.571. The maximum Gasteiger partial charge on any atom is 0.306 e. The van der Waals surface area contributed by atoms with Gasteiger partial charge in [-0.25, -0.2) is 9.36 Å². The van der Waals surface area contributed by atoms with Crippen LogP contribution < -0.4 is 5.32 Å². The molecule has 24 heavy (non-hydrogen) atoms. The predicted octanol–water partition coefficient (Wildman–Crippen LogP) is 0.285. The molecule has 0 saturated heterocycles. The zero-order valence-corrected chi connectivity index (χ0v) is 13.4. The lowest BCUT2D eigenvalue weighted by molar-refractivity contribution is -0.141. The number of aliphatic carboxylic acids is 1. The van der Waals surface area contributed by atoms with Crippen LogP contribution in [0.1, 0.15) is 49.3 Å². The molecule has 0 spiro atoms. The van der Waals surface area contributed by atoms with Gasteiger partial charge in [-0.05, 0) is 26.7 Å². The van der Waals surface area contributed by atoms with E-state index in [0.29, 0.717) is 12.8 Å². The average Bonchev–Trinajstić information content (AvgIpc) is 3.27. The second-order valence-corrected chi connectivity index (χ2v) is 6.21. The largest absolute Gasteiger partial charge is 0.481 e. The molecule has 2 N–H and O–H groups in total. The van der Waals surface area contributed by atoms with Crippen LogP contribution in [0.15, 0.2) is 18.6 Å². The Labute approximate surface area is 137 Å². The molecule has 2 aromatic rings. The number of nitrogens with zero attached hydrogens (tertiary/aromatic N) is 6. The van der Waals surface area contributed by atoms with Crippen LogP contribution in [0.4, 0.5) is 0 Å². The van der Waals surface area contributed by atoms with Gasteiger partial charge in [0.05, 0.1) is 30.4 Å². The molecule has 0 aromatic carbocycles. The molecule has 1 aliphatic rings. The lowest BCUT2D eigenvalue weighted by Gasteiger charge is -2.20. The predicted molar refractivity (Wildman–Crippen MR) is 81.1 cm³/mol. The highest BCUT2D eigenvalue weighted by Crippen LogP contribution is 2.34. The number of carboxylic acids is 1. The standard InChI is InChI=1S/C14H19N7O3/c1-8(2)21-7-11(17-19-21)13(22)16-10-5-9(14(23)24)6-12(10)20-4-3-15-18-20/h3-4,7-10,12H,5-6H2,1-2H3,(H,16,22)(H,23,24)/t9?,10-,12+/m1/s1. The number of hydrogen-bond acceptors (Lipinski definition) is 6. The van der Waals surface area contributed by atoms with Gasteiger partial charge in [0.25, 0.3) is 5.91 Å². The van der Waals surface area contributed by atoms with Gasteiger partial charge in [0.2, 0.25) is 0 Å². The smallest absolute Gasteiger partial charge is 0.306 e. The normalized spacial score (nSPS) is 23.5. The molecule has 10 nitrogen and oxygen atoms in total. The van der Waals surface area contributed by atoms with E-state index < -0.39 is 11.9 Å². The van der Waals surface area contributed by atoms with Gasteiger partial charge in [-0.3, -0.25) is 9.59 Å². The molecule has 2 heterocycles. The SMILES string of the molecule is CC(C)n1cc(C(=O)N[C@@H]2CC(C(=O)O)C[C@@H]2n2ccnn2)nn1. The Morgan fingerprint density at radius 2 is 2.12 bits per heavy atom. The molecule has 3 atom stereocenters. The van der Waals surface area contributed by atoms with Crippen molar-refractivity contribution in [1.29, 1.82) is 0 Å². The van der Waals surface area contributed by atoms with Gasteiger partial charge in [-0.2, -0.15) is 0 Å². The Bertz CT molecular complexity index is 725. The van der Waals surface area contributed by atoms with E-state index in [2.05, 4.69) is 25.9 Å². The number of nitrogens with one attached hydrogen (secondary N) is 1. The first-order valence-corrected chi connectivity index (χ1v) is 7.77. The van der Waals surface area contributed by atoms with Gasteiger partial charge >= 0.3 is 5.97 Å². The lowest BCUT2D eigenvalue weighted by Crippen LogP contribution is -2.39. The molecular formula is C14H19N7O3. The van der Waals surface area contributed by atoms with Crippen LogP contribution >= 0.6 is 0 Å². The summed E-state index contributed by atoms with van der Waals surface area (Å²) in [4.78, 5) is 23.7. The second kappa shape index (κ2) is 6.38. The first kappa shape index (κ1) is 16.1. The van der Waals surface area contributed by atoms with Gasteiger partial charge in [0.1, 0.15) is 0 Å². The Morgan fingerprint density at radius 3 is 2.71 bits per heavy atom. The quantitative estimate of drug-likeness (QED) is 0.804. The Hall–Kier alpha value is -2.78. The van der Waals surface area contributed by atoms with E-state index in [9.17, 15) is 14.7 Å². The van der Waals surface area contributed by atoms with Crippen molar-refractivity contribution in [2.75, 3.05) is 0 Å². The Balaban J connectivity index is 1.75. The van der Waals surface area contributed by atoms with Crippen molar-refractivity contribution in [3.05, 3.63) is 24.3 Å². The molecule has 3 rings (SSSR count). The molecule has 2 aromatic heterocycles. The molecule has 0 bridgehead atoms. The van der Waals surface area contributed by atoms with Gasteiger partial charge in [-0.15, -0.1) is 10.2 Å². The first-order valence-electron chi connectivity index (χ1n) is 7.77. The van der Waals surface area contributed by atoms with Crippen LogP contribution in [0.2, 0.25) is 0 Å². The highest BCUT2D eigenvalue weighted by atomic mass is 16.4. The van der Waals surface area contributed by atoms with E-state index in [1.54, 1.807) is 21.8 Å². The number of amides is 1. The summed E-state index contributed by atoms with van der Waals surface area (Å²) in [6.45, 7) is 3.87. The number of carbonyl (C=O) groups excluding carboxylic acids is 1. The van der Waals surface area contributed by atoms with Crippen molar-refractivity contribution in [2.24, 2.45) is 5.92 Å². The molecule has 1 unspecified atom stereocenters. The minimum absolute atomic E-state index is 0.102. The zero-order chi connectivity index (χ0) is 17.3. The number of carboxylic acid groups (broad SMARTS) is 1. The molecule has 10 heteroatoms. The third kappa shape index (κ3) is 3.12. The van der Waals surface area contributed by atoms with E-state index in [1.165, 1.54) is 6.20 Å².